The molecule has 2 nitrogen and oxygen atoms in total. The molecule has 0 saturated carbocycles. The highest BCUT2D eigenvalue weighted by Crippen LogP contribution is 2.23. The van der Waals surface area contributed by atoms with Crippen LogP contribution in [-0.4, -0.2) is 19.1 Å². The Balaban J connectivity index is 2.15. The minimum absolute atomic E-state index is 0.412. The second-order valence-corrected chi connectivity index (χ2v) is 4.31. The van der Waals surface area contributed by atoms with Crippen LogP contribution < -0.4 is 10.6 Å². The molecule has 1 aliphatic rings. The van der Waals surface area contributed by atoms with Crippen LogP contribution in [0.25, 0.3) is 0 Å². The third-order valence-electron chi connectivity index (χ3n) is 3.25. The number of rotatable bonds is 2. The van der Waals surface area contributed by atoms with Crippen LogP contribution in [0.4, 0.5) is 5.69 Å². The fourth-order valence-electron chi connectivity index (χ4n) is 2.26. The fourth-order valence-corrected chi connectivity index (χ4v) is 2.26. The molecule has 0 unspecified atom stereocenters. The summed E-state index contributed by atoms with van der Waals surface area (Å²) in [6, 6.07) is 9.12. The highest BCUT2D eigenvalue weighted by molar-refractivity contribution is 5.53. The lowest BCUT2D eigenvalue weighted by Crippen LogP contribution is -2.40. The van der Waals surface area contributed by atoms with Gasteiger partial charge in [-0.2, -0.15) is 0 Å². The predicted molar refractivity (Wildman–Crippen MR) is 65.2 cm³/mol. The Morgan fingerprint density at radius 3 is 2.60 bits per heavy atom. The summed E-state index contributed by atoms with van der Waals surface area (Å²) in [5.74, 6) is 0. The van der Waals surface area contributed by atoms with Crippen LogP contribution in [0, 0.1) is 0 Å². The van der Waals surface area contributed by atoms with Gasteiger partial charge in [-0.05, 0) is 30.9 Å². The summed E-state index contributed by atoms with van der Waals surface area (Å²) in [6.45, 7) is 4.44. The Morgan fingerprint density at radius 2 is 1.93 bits per heavy atom. The van der Waals surface area contributed by atoms with E-state index in [4.69, 9.17) is 5.73 Å². The number of para-hydroxylation sites is 1. The summed E-state index contributed by atoms with van der Waals surface area (Å²) >= 11 is 0. The monoisotopic (exact) mass is 204 g/mol. The average Bonchev–Trinajstić information content (AvgIpc) is 2.30. The first-order chi connectivity index (χ1) is 7.31. The lowest BCUT2D eigenvalue weighted by Gasteiger charge is -2.33. The zero-order valence-corrected chi connectivity index (χ0v) is 9.45. The number of nitrogens with two attached hydrogens (primary N) is 1. The lowest BCUT2D eigenvalue weighted by atomic mass is 10.0. The van der Waals surface area contributed by atoms with Crippen LogP contribution in [0.2, 0.25) is 0 Å². The van der Waals surface area contributed by atoms with Crippen molar-refractivity contribution in [3.63, 3.8) is 0 Å². The van der Waals surface area contributed by atoms with Gasteiger partial charge in [0.05, 0.1) is 0 Å². The van der Waals surface area contributed by atoms with Gasteiger partial charge in [-0.15, -0.1) is 0 Å². The third kappa shape index (κ3) is 2.32. The van der Waals surface area contributed by atoms with E-state index in [-0.39, 0.29) is 0 Å². The number of hydrogen-bond acceptors (Lipinski definition) is 2. The van der Waals surface area contributed by atoms with Crippen molar-refractivity contribution in [1.29, 1.82) is 0 Å². The first-order valence-corrected chi connectivity index (χ1v) is 5.89. The minimum Gasteiger partial charge on any atom is -0.371 e. The standard InChI is InChI=1S/C13H20N2/c1-2-11-5-3-4-6-13(11)15-9-7-12(14)8-10-15/h3-6,12H,2,7-10,14H2,1H3. The van der Waals surface area contributed by atoms with Crippen LogP contribution in [-0.2, 0) is 6.42 Å². The summed E-state index contributed by atoms with van der Waals surface area (Å²) in [7, 11) is 0. The molecule has 0 bridgehead atoms. The van der Waals surface area contributed by atoms with Crippen molar-refractivity contribution in [1.82, 2.24) is 0 Å². The maximum absolute atomic E-state index is 5.92. The summed E-state index contributed by atoms with van der Waals surface area (Å²) in [5, 5.41) is 0. The first-order valence-electron chi connectivity index (χ1n) is 5.89. The van der Waals surface area contributed by atoms with E-state index in [2.05, 4.69) is 36.1 Å². The van der Waals surface area contributed by atoms with Gasteiger partial charge in [0, 0.05) is 24.8 Å². The van der Waals surface area contributed by atoms with Gasteiger partial charge in [0.15, 0.2) is 0 Å². The van der Waals surface area contributed by atoms with Crippen LogP contribution in [0.15, 0.2) is 24.3 Å². The molecule has 1 aromatic rings. The van der Waals surface area contributed by atoms with E-state index in [0.717, 1.165) is 32.4 Å². The van der Waals surface area contributed by atoms with Crippen molar-refractivity contribution >= 4 is 5.69 Å². The summed E-state index contributed by atoms with van der Waals surface area (Å²) in [5.41, 5.74) is 8.78. The van der Waals surface area contributed by atoms with Gasteiger partial charge < -0.3 is 10.6 Å². The van der Waals surface area contributed by atoms with Gasteiger partial charge in [0.1, 0.15) is 0 Å². The van der Waals surface area contributed by atoms with Gasteiger partial charge in [0.2, 0.25) is 0 Å². The Labute approximate surface area is 92.1 Å². The van der Waals surface area contributed by atoms with Crippen LogP contribution in [0.1, 0.15) is 25.3 Å². The molecule has 0 amide bonds. The summed E-state index contributed by atoms with van der Waals surface area (Å²) in [6.07, 6.45) is 3.36. The largest absolute Gasteiger partial charge is 0.371 e. The van der Waals surface area contributed by atoms with Crippen molar-refractivity contribution in [3.8, 4) is 0 Å². The zero-order chi connectivity index (χ0) is 10.7. The van der Waals surface area contributed by atoms with E-state index in [1.165, 1.54) is 11.3 Å². The maximum Gasteiger partial charge on any atom is 0.0398 e. The third-order valence-corrected chi connectivity index (χ3v) is 3.25. The number of aryl methyl sites for hydroxylation is 1. The lowest BCUT2D eigenvalue weighted by molar-refractivity contribution is 0.500. The molecule has 1 saturated heterocycles. The molecule has 2 N–H and O–H groups in total. The van der Waals surface area contributed by atoms with Crippen molar-refractivity contribution in [2.24, 2.45) is 5.73 Å². The minimum atomic E-state index is 0.412. The fraction of sp³-hybridized carbons (Fsp3) is 0.538. The Hall–Kier alpha value is -1.02. The van der Waals surface area contributed by atoms with E-state index in [0.29, 0.717) is 6.04 Å². The van der Waals surface area contributed by atoms with Gasteiger partial charge in [-0.3, -0.25) is 0 Å². The number of nitrogens with zero attached hydrogens (tertiary/aromatic N) is 1. The average molecular weight is 204 g/mol. The Morgan fingerprint density at radius 1 is 1.27 bits per heavy atom. The van der Waals surface area contributed by atoms with E-state index >= 15 is 0 Å². The highest BCUT2D eigenvalue weighted by Gasteiger charge is 2.17. The molecule has 1 heterocycles. The molecule has 1 aliphatic heterocycles. The quantitative estimate of drug-likeness (QED) is 0.800. The molecular weight excluding hydrogens is 184 g/mol. The molecule has 0 spiro atoms. The topological polar surface area (TPSA) is 29.3 Å². The SMILES string of the molecule is CCc1ccccc1N1CCC(N)CC1. The van der Waals surface area contributed by atoms with E-state index in [1.807, 2.05) is 0 Å². The number of anilines is 1. The van der Waals surface area contributed by atoms with Crippen molar-refractivity contribution in [2.75, 3.05) is 18.0 Å². The molecule has 0 radical (unpaired) electrons. The summed E-state index contributed by atoms with van der Waals surface area (Å²) < 4.78 is 0. The van der Waals surface area contributed by atoms with Gasteiger partial charge in [-0.25, -0.2) is 0 Å². The van der Waals surface area contributed by atoms with E-state index < -0.39 is 0 Å². The van der Waals surface area contributed by atoms with Crippen molar-refractivity contribution in [3.05, 3.63) is 29.8 Å². The van der Waals surface area contributed by atoms with Crippen LogP contribution in [0.5, 0.6) is 0 Å². The number of benzene rings is 1. The Bertz CT molecular complexity index is 314. The molecule has 15 heavy (non-hydrogen) atoms. The maximum atomic E-state index is 5.92. The van der Waals surface area contributed by atoms with Gasteiger partial charge in [0.25, 0.3) is 0 Å². The molecule has 82 valence electrons. The molecule has 2 rings (SSSR count). The van der Waals surface area contributed by atoms with E-state index in [1.54, 1.807) is 0 Å². The van der Waals surface area contributed by atoms with E-state index in [9.17, 15) is 0 Å². The molecule has 0 aromatic heterocycles. The van der Waals surface area contributed by atoms with Crippen LogP contribution >= 0.6 is 0 Å². The second kappa shape index (κ2) is 4.67. The number of hydrogen-bond donors (Lipinski definition) is 1. The predicted octanol–water partition coefficient (Wildman–Crippen LogP) is 2.18. The Kier molecular flexibility index (Phi) is 3.27. The molecule has 0 aliphatic carbocycles. The summed E-state index contributed by atoms with van der Waals surface area (Å²) in [4.78, 5) is 2.47. The van der Waals surface area contributed by atoms with Crippen LogP contribution in [0.3, 0.4) is 0 Å². The van der Waals surface area contributed by atoms with Gasteiger partial charge in [-0.1, -0.05) is 25.1 Å². The molecule has 2 heteroatoms. The molecule has 1 fully saturated rings. The zero-order valence-electron chi connectivity index (χ0n) is 9.45. The smallest absolute Gasteiger partial charge is 0.0398 e. The van der Waals surface area contributed by atoms with Crippen molar-refractivity contribution in [2.45, 2.75) is 32.2 Å². The highest BCUT2D eigenvalue weighted by atomic mass is 15.1. The van der Waals surface area contributed by atoms with Gasteiger partial charge >= 0.3 is 0 Å². The normalized spacial score (nSPS) is 18.1. The molecule has 0 atom stereocenters. The molecular formula is C13H20N2. The molecule has 1 aromatic carbocycles. The number of piperidine rings is 1. The first kappa shape index (κ1) is 10.5. The second-order valence-electron chi connectivity index (χ2n) is 4.31. The van der Waals surface area contributed by atoms with Crippen molar-refractivity contribution < 1.29 is 0 Å².